The number of hydrogen-bond acceptors (Lipinski definition) is 4. The molecule has 3 rings (SSSR count). The molecule has 18 heavy (non-hydrogen) atoms. The van der Waals surface area contributed by atoms with Gasteiger partial charge < -0.3 is 5.73 Å². The van der Waals surface area contributed by atoms with Crippen LogP contribution in [0.1, 0.15) is 43.0 Å². The van der Waals surface area contributed by atoms with Crippen LogP contribution in [-0.2, 0) is 5.54 Å². The molecule has 1 aromatic heterocycles. The van der Waals surface area contributed by atoms with Gasteiger partial charge in [0, 0.05) is 5.92 Å². The van der Waals surface area contributed by atoms with Gasteiger partial charge in [-0.15, -0.1) is 10.2 Å². The van der Waals surface area contributed by atoms with Crippen molar-refractivity contribution in [2.24, 2.45) is 5.73 Å². The number of aromatic nitrogens is 4. The van der Waals surface area contributed by atoms with Gasteiger partial charge in [-0.25, -0.2) is 0 Å². The van der Waals surface area contributed by atoms with E-state index in [1.165, 1.54) is 12.0 Å². The van der Waals surface area contributed by atoms with E-state index in [2.05, 4.69) is 44.9 Å². The van der Waals surface area contributed by atoms with Gasteiger partial charge in [-0.2, -0.15) is 5.21 Å². The molecule has 2 aromatic rings. The van der Waals surface area contributed by atoms with Gasteiger partial charge >= 0.3 is 0 Å². The highest BCUT2D eigenvalue weighted by Gasteiger charge is 2.42. The number of H-pyrrole nitrogens is 1. The zero-order valence-electron chi connectivity index (χ0n) is 10.2. The molecule has 1 heterocycles. The summed E-state index contributed by atoms with van der Waals surface area (Å²) in [7, 11) is 0. The van der Waals surface area contributed by atoms with Crippen molar-refractivity contribution < 1.29 is 0 Å². The van der Waals surface area contributed by atoms with Gasteiger partial charge in [-0.1, -0.05) is 48.4 Å². The molecule has 94 valence electrons. The fourth-order valence-corrected chi connectivity index (χ4v) is 2.97. The van der Waals surface area contributed by atoms with E-state index < -0.39 is 5.54 Å². The maximum atomic E-state index is 6.62. The van der Waals surface area contributed by atoms with Crippen LogP contribution in [0.2, 0.25) is 0 Å². The first-order chi connectivity index (χ1) is 8.81. The summed E-state index contributed by atoms with van der Waals surface area (Å²) in [6.07, 6.45) is 4.31. The first-order valence-electron chi connectivity index (χ1n) is 6.38. The smallest absolute Gasteiger partial charge is 0.194 e. The second kappa shape index (κ2) is 4.49. The molecular weight excluding hydrogens is 226 g/mol. The van der Waals surface area contributed by atoms with Crippen LogP contribution < -0.4 is 5.73 Å². The standard InChI is InChI=1S/C13H17N5/c14-13(12-15-17-18-16-12)9-5-4-8-11(13)10-6-2-1-3-7-10/h1-3,6-7,11H,4-5,8-9,14H2,(H,15,16,17,18). The van der Waals surface area contributed by atoms with E-state index in [0.717, 1.165) is 19.3 Å². The SMILES string of the molecule is NC1(c2nn[nH]n2)CCCCC1c1ccccc1. The molecule has 0 amide bonds. The molecular formula is C13H17N5. The predicted molar refractivity (Wildman–Crippen MR) is 67.7 cm³/mol. The van der Waals surface area contributed by atoms with Crippen molar-refractivity contribution in [1.29, 1.82) is 0 Å². The van der Waals surface area contributed by atoms with Crippen LogP contribution in [0.4, 0.5) is 0 Å². The third-order valence-corrected chi connectivity index (χ3v) is 3.92. The average Bonchev–Trinajstić information content (AvgIpc) is 2.95. The van der Waals surface area contributed by atoms with Crippen molar-refractivity contribution in [2.45, 2.75) is 37.1 Å². The summed E-state index contributed by atoms with van der Waals surface area (Å²) in [6.45, 7) is 0. The third-order valence-electron chi connectivity index (χ3n) is 3.92. The monoisotopic (exact) mass is 243 g/mol. The zero-order chi connectivity index (χ0) is 12.4. The number of nitrogens with two attached hydrogens (primary N) is 1. The van der Waals surface area contributed by atoms with E-state index in [1.54, 1.807) is 0 Å². The van der Waals surface area contributed by atoms with Gasteiger partial charge in [0.2, 0.25) is 0 Å². The minimum atomic E-state index is -0.493. The van der Waals surface area contributed by atoms with Crippen molar-refractivity contribution in [3.8, 4) is 0 Å². The molecule has 1 aliphatic carbocycles. The van der Waals surface area contributed by atoms with Crippen LogP contribution in [0.5, 0.6) is 0 Å². The van der Waals surface area contributed by atoms with Gasteiger partial charge in [0.1, 0.15) is 0 Å². The quantitative estimate of drug-likeness (QED) is 0.841. The van der Waals surface area contributed by atoms with Crippen molar-refractivity contribution in [2.75, 3.05) is 0 Å². The van der Waals surface area contributed by atoms with E-state index in [9.17, 15) is 0 Å². The Balaban J connectivity index is 2.01. The molecule has 1 aliphatic rings. The lowest BCUT2D eigenvalue weighted by Gasteiger charge is -2.39. The normalized spacial score (nSPS) is 28.2. The number of hydrogen-bond donors (Lipinski definition) is 2. The highest BCUT2D eigenvalue weighted by Crippen LogP contribution is 2.44. The van der Waals surface area contributed by atoms with Crippen molar-refractivity contribution >= 4 is 0 Å². The minimum Gasteiger partial charge on any atom is -0.318 e. The molecule has 1 fully saturated rings. The molecule has 0 spiro atoms. The summed E-state index contributed by atoms with van der Waals surface area (Å²) in [5.41, 5.74) is 7.39. The molecule has 2 unspecified atom stereocenters. The van der Waals surface area contributed by atoms with Crippen molar-refractivity contribution in [1.82, 2.24) is 20.6 Å². The number of rotatable bonds is 2. The van der Waals surface area contributed by atoms with Crippen molar-refractivity contribution in [3.63, 3.8) is 0 Å². The van der Waals surface area contributed by atoms with Crippen LogP contribution in [0.15, 0.2) is 30.3 Å². The number of nitrogens with zero attached hydrogens (tertiary/aromatic N) is 3. The van der Waals surface area contributed by atoms with E-state index in [-0.39, 0.29) is 5.92 Å². The van der Waals surface area contributed by atoms with Crippen LogP contribution in [0.3, 0.4) is 0 Å². The first-order valence-corrected chi connectivity index (χ1v) is 6.38. The number of nitrogens with one attached hydrogen (secondary N) is 1. The van der Waals surface area contributed by atoms with Crippen LogP contribution in [0, 0.1) is 0 Å². The van der Waals surface area contributed by atoms with Crippen molar-refractivity contribution in [3.05, 3.63) is 41.7 Å². The largest absolute Gasteiger partial charge is 0.318 e. The Kier molecular flexibility index (Phi) is 2.83. The summed E-state index contributed by atoms with van der Waals surface area (Å²) in [4.78, 5) is 0. The topological polar surface area (TPSA) is 80.5 Å². The summed E-state index contributed by atoms with van der Waals surface area (Å²) < 4.78 is 0. The van der Waals surface area contributed by atoms with Gasteiger partial charge in [-0.05, 0) is 18.4 Å². The lowest BCUT2D eigenvalue weighted by molar-refractivity contribution is 0.241. The summed E-state index contributed by atoms with van der Waals surface area (Å²) >= 11 is 0. The molecule has 0 bridgehead atoms. The van der Waals surface area contributed by atoms with Gasteiger partial charge in [0.25, 0.3) is 0 Å². The lowest BCUT2D eigenvalue weighted by Crippen LogP contribution is -2.46. The molecule has 5 nitrogen and oxygen atoms in total. The van der Waals surface area contributed by atoms with Gasteiger partial charge in [0.05, 0.1) is 5.54 Å². The Morgan fingerprint density at radius 3 is 2.78 bits per heavy atom. The Hall–Kier alpha value is -1.75. The molecule has 3 N–H and O–H groups in total. The Morgan fingerprint density at radius 2 is 2.06 bits per heavy atom. The van der Waals surface area contributed by atoms with E-state index in [0.29, 0.717) is 5.82 Å². The Bertz CT molecular complexity index is 495. The molecule has 5 heteroatoms. The molecule has 0 saturated heterocycles. The maximum absolute atomic E-state index is 6.62. The van der Waals surface area contributed by atoms with E-state index in [4.69, 9.17) is 5.73 Å². The number of benzene rings is 1. The Labute approximate surface area is 106 Å². The fraction of sp³-hybridized carbons (Fsp3) is 0.462. The molecule has 0 radical (unpaired) electrons. The first kappa shape index (κ1) is 11.3. The van der Waals surface area contributed by atoms with E-state index >= 15 is 0 Å². The van der Waals surface area contributed by atoms with Gasteiger partial charge in [-0.3, -0.25) is 0 Å². The second-order valence-corrected chi connectivity index (χ2v) is 4.98. The van der Waals surface area contributed by atoms with Crippen LogP contribution in [-0.4, -0.2) is 20.6 Å². The highest BCUT2D eigenvalue weighted by atomic mass is 15.5. The van der Waals surface area contributed by atoms with Crippen LogP contribution in [0.25, 0.3) is 0 Å². The fourth-order valence-electron chi connectivity index (χ4n) is 2.97. The summed E-state index contributed by atoms with van der Waals surface area (Å²) in [5, 5.41) is 14.4. The minimum absolute atomic E-state index is 0.269. The summed E-state index contributed by atoms with van der Waals surface area (Å²) in [5.74, 6) is 0.904. The summed E-state index contributed by atoms with van der Waals surface area (Å²) in [6, 6.07) is 10.4. The third kappa shape index (κ3) is 1.80. The second-order valence-electron chi connectivity index (χ2n) is 4.98. The molecule has 0 aliphatic heterocycles. The van der Waals surface area contributed by atoms with Crippen LogP contribution >= 0.6 is 0 Å². The Morgan fingerprint density at radius 1 is 1.22 bits per heavy atom. The lowest BCUT2D eigenvalue weighted by atomic mass is 9.70. The number of aromatic amines is 1. The molecule has 1 aromatic carbocycles. The maximum Gasteiger partial charge on any atom is 0.194 e. The zero-order valence-corrected chi connectivity index (χ0v) is 10.2. The molecule has 1 saturated carbocycles. The predicted octanol–water partition coefficient (Wildman–Crippen LogP) is 1.71. The van der Waals surface area contributed by atoms with Gasteiger partial charge in [0.15, 0.2) is 5.82 Å². The van der Waals surface area contributed by atoms with E-state index in [1.807, 2.05) is 6.07 Å². The average molecular weight is 243 g/mol. The molecule has 2 atom stereocenters. The highest BCUT2D eigenvalue weighted by molar-refractivity contribution is 5.27. The number of tetrazole rings is 1.